The molecule has 0 saturated carbocycles. The van der Waals surface area contributed by atoms with Crippen LogP contribution >= 0.6 is 0 Å². The van der Waals surface area contributed by atoms with Gasteiger partial charge in [0.25, 0.3) is 5.56 Å². The summed E-state index contributed by atoms with van der Waals surface area (Å²) in [7, 11) is -3.85. The number of sulfonamides is 1. The molecule has 0 spiro atoms. The van der Waals surface area contributed by atoms with Gasteiger partial charge in [0, 0.05) is 55.5 Å². The fraction of sp³-hybridized carbons (Fsp3) is 0.308. The lowest BCUT2D eigenvalue weighted by Gasteiger charge is -2.42. The number of piperidine rings is 1. The molecule has 8 nitrogen and oxygen atoms in total. The Balaban J connectivity index is 1.46. The zero-order valence-corrected chi connectivity index (χ0v) is 21.1. The van der Waals surface area contributed by atoms with E-state index in [4.69, 9.17) is 0 Å². The zero-order valence-electron chi connectivity index (χ0n) is 20.2. The Hall–Kier alpha value is -3.64. The maximum absolute atomic E-state index is 13.5. The number of nitrogens with one attached hydrogen (secondary N) is 1. The number of hydrogen-bond donors (Lipinski definition) is 1. The average molecular weight is 548 g/mol. The summed E-state index contributed by atoms with van der Waals surface area (Å²) in [5.74, 6) is -0.990. The molecule has 1 N–H and O–H groups in total. The van der Waals surface area contributed by atoms with Crippen LogP contribution in [0, 0.1) is 5.92 Å². The first kappa shape index (κ1) is 26.0. The standard InChI is InChI=1S/C26H24F3N3O5S/c1-16(33)30-20-4-8-22(9-5-20)38(35,36)31-13-17-12-19(15-31)25-23(10-11-24(34)32(25)14-17)18-2-6-21(7-3-18)37-26(27,28)29/h2-11,17,19H,12-15H2,1H3,(H,30,33). The number of benzene rings is 2. The first-order chi connectivity index (χ1) is 17.9. The van der Waals surface area contributed by atoms with Gasteiger partial charge in [-0.2, -0.15) is 4.31 Å². The van der Waals surface area contributed by atoms with Crippen molar-refractivity contribution in [2.45, 2.75) is 37.1 Å². The lowest BCUT2D eigenvalue weighted by Crippen LogP contribution is -2.49. The first-order valence-corrected chi connectivity index (χ1v) is 13.3. The van der Waals surface area contributed by atoms with Gasteiger partial charge in [-0.3, -0.25) is 9.59 Å². The van der Waals surface area contributed by atoms with Crippen molar-refractivity contribution in [1.82, 2.24) is 8.87 Å². The normalized spacial score (nSPS) is 19.5. The Morgan fingerprint density at radius 3 is 2.29 bits per heavy atom. The van der Waals surface area contributed by atoms with E-state index < -0.39 is 16.4 Å². The minimum atomic E-state index is -4.81. The average Bonchev–Trinajstić information content (AvgIpc) is 2.84. The Bertz CT molecular complexity index is 1530. The predicted octanol–water partition coefficient (Wildman–Crippen LogP) is 4.18. The summed E-state index contributed by atoms with van der Waals surface area (Å²) in [6.07, 6.45) is -4.13. The third-order valence-corrected chi connectivity index (χ3v) is 8.61. The number of carbonyl (C=O) groups is 1. The van der Waals surface area contributed by atoms with Crippen molar-refractivity contribution in [2.75, 3.05) is 18.4 Å². The van der Waals surface area contributed by atoms with Crippen LogP contribution in [-0.4, -0.2) is 42.6 Å². The van der Waals surface area contributed by atoms with E-state index in [1.165, 1.54) is 65.8 Å². The van der Waals surface area contributed by atoms with Crippen molar-refractivity contribution >= 4 is 21.6 Å². The second-order valence-corrected chi connectivity index (χ2v) is 11.4. The largest absolute Gasteiger partial charge is 0.573 e. The van der Waals surface area contributed by atoms with Crippen LogP contribution in [0.5, 0.6) is 5.75 Å². The van der Waals surface area contributed by atoms with E-state index in [9.17, 15) is 31.2 Å². The van der Waals surface area contributed by atoms with E-state index >= 15 is 0 Å². The number of nitrogens with zero attached hydrogens (tertiary/aromatic N) is 2. The molecule has 2 aliphatic heterocycles. The topological polar surface area (TPSA) is 97.7 Å². The molecule has 5 rings (SSSR count). The van der Waals surface area contributed by atoms with Crippen LogP contribution in [0.1, 0.15) is 25.0 Å². The number of fused-ring (bicyclic) bond motifs is 4. The molecule has 2 atom stereocenters. The molecule has 2 aliphatic rings. The summed E-state index contributed by atoms with van der Waals surface area (Å²) in [4.78, 5) is 24.1. The van der Waals surface area contributed by atoms with Gasteiger partial charge in [-0.25, -0.2) is 8.42 Å². The molecule has 0 aliphatic carbocycles. The lowest BCUT2D eigenvalue weighted by molar-refractivity contribution is -0.274. The molecule has 1 aromatic heterocycles. The SMILES string of the molecule is CC(=O)Nc1ccc(S(=O)(=O)N2CC3CC(C2)c2c(-c4ccc(OC(F)(F)F)cc4)ccc(=O)n2C3)cc1. The van der Waals surface area contributed by atoms with Gasteiger partial charge in [-0.05, 0) is 60.4 Å². The van der Waals surface area contributed by atoms with Crippen molar-refractivity contribution < 1.29 is 31.1 Å². The highest BCUT2D eigenvalue weighted by atomic mass is 32.2. The van der Waals surface area contributed by atoms with Gasteiger partial charge in [-0.1, -0.05) is 12.1 Å². The molecule has 1 fully saturated rings. The molecule has 0 radical (unpaired) electrons. The van der Waals surface area contributed by atoms with Gasteiger partial charge in [0.1, 0.15) is 5.75 Å². The van der Waals surface area contributed by atoms with Crippen LogP contribution in [0.2, 0.25) is 0 Å². The number of alkyl halides is 3. The molecular weight excluding hydrogens is 523 g/mol. The second kappa shape index (κ2) is 9.59. The number of anilines is 1. The number of hydrogen-bond acceptors (Lipinski definition) is 5. The molecule has 38 heavy (non-hydrogen) atoms. The number of amides is 1. The number of aromatic nitrogens is 1. The first-order valence-electron chi connectivity index (χ1n) is 11.9. The van der Waals surface area contributed by atoms with E-state index in [-0.39, 0.29) is 47.0 Å². The van der Waals surface area contributed by atoms with Crippen molar-refractivity contribution in [3.8, 4) is 16.9 Å². The van der Waals surface area contributed by atoms with Crippen LogP contribution in [0.4, 0.5) is 18.9 Å². The van der Waals surface area contributed by atoms with Crippen LogP contribution in [-0.2, 0) is 21.4 Å². The zero-order chi connectivity index (χ0) is 27.2. The molecule has 12 heteroatoms. The Morgan fingerprint density at radius 2 is 1.66 bits per heavy atom. The molecule has 200 valence electrons. The van der Waals surface area contributed by atoms with E-state index in [1.807, 2.05) is 0 Å². The van der Waals surface area contributed by atoms with Gasteiger partial charge >= 0.3 is 6.36 Å². The molecule has 1 amide bonds. The molecule has 2 unspecified atom stereocenters. The summed E-state index contributed by atoms with van der Waals surface area (Å²) in [6.45, 7) is 2.10. The molecule has 2 bridgehead atoms. The Kier molecular flexibility index (Phi) is 6.56. The summed E-state index contributed by atoms with van der Waals surface area (Å²) in [6, 6.07) is 14.4. The van der Waals surface area contributed by atoms with Crippen LogP contribution < -0.4 is 15.6 Å². The predicted molar refractivity (Wildman–Crippen MR) is 133 cm³/mol. The highest BCUT2D eigenvalue weighted by Gasteiger charge is 2.40. The van der Waals surface area contributed by atoms with Crippen molar-refractivity contribution in [3.63, 3.8) is 0 Å². The highest BCUT2D eigenvalue weighted by molar-refractivity contribution is 7.89. The van der Waals surface area contributed by atoms with Gasteiger partial charge in [0.2, 0.25) is 15.9 Å². The maximum Gasteiger partial charge on any atom is 0.573 e. The van der Waals surface area contributed by atoms with Gasteiger partial charge in [-0.15, -0.1) is 13.2 Å². The van der Waals surface area contributed by atoms with Crippen LogP contribution in [0.15, 0.2) is 70.4 Å². The third kappa shape index (κ3) is 5.18. The van der Waals surface area contributed by atoms with E-state index in [0.717, 1.165) is 0 Å². The monoisotopic (exact) mass is 547 g/mol. The van der Waals surface area contributed by atoms with Crippen LogP contribution in [0.3, 0.4) is 0 Å². The Labute approximate surface area is 216 Å². The molecule has 3 aromatic rings. The Morgan fingerprint density at radius 1 is 0.974 bits per heavy atom. The van der Waals surface area contributed by atoms with E-state index in [2.05, 4.69) is 10.1 Å². The molecule has 1 saturated heterocycles. The second-order valence-electron chi connectivity index (χ2n) is 9.48. The molecule has 3 heterocycles. The number of ether oxygens (including phenoxy) is 1. The fourth-order valence-corrected chi connectivity index (χ4v) is 6.87. The minimum absolute atomic E-state index is 0.0785. The summed E-state index contributed by atoms with van der Waals surface area (Å²) in [5, 5.41) is 2.60. The quantitative estimate of drug-likeness (QED) is 0.517. The lowest BCUT2D eigenvalue weighted by atomic mass is 9.81. The minimum Gasteiger partial charge on any atom is -0.406 e. The van der Waals surface area contributed by atoms with Gasteiger partial charge in [0.05, 0.1) is 4.90 Å². The van der Waals surface area contributed by atoms with Gasteiger partial charge in [0.15, 0.2) is 0 Å². The van der Waals surface area contributed by atoms with E-state index in [1.54, 1.807) is 10.6 Å². The summed E-state index contributed by atoms with van der Waals surface area (Å²) < 4.78 is 71.7. The summed E-state index contributed by atoms with van der Waals surface area (Å²) >= 11 is 0. The molecular formula is C26H24F3N3O5S. The third-order valence-electron chi connectivity index (χ3n) is 6.77. The molecule has 2 aromatic carbocycles. The maximum atomic E-state index is 13.5. The van der Waals surface area contributed by atoms with E-state index in [0.29, 0.717) is 35.5 Å². The number of halogens is 3. The van der Waals surface area contributed by atoms with Crippen molar-refractivity contribution in [1.29, 1.82) is 0 Å². The van der Waals surface area contributed by atoms with Crippen molar-refractivity contribution in [2.24, 2.45) is 5.92 Å². The number of carbonyl (C=O) groups excluding carboxylic acids is 1. The highest BCUT2D eigenvalue weighted by Crippen LogP contribution is 2.41. The van der Waals surface area contributed by atoms with Gasteiger partial charge < -0.3 is 14.6 Å². The number of pyridine rings is 1. The summed E-state index contributed by atoms with van der Waals surface area (Å²) in [5.41, 5.74) is 2.19. The number of rotatable bonds is 5. The van der Waals surface area contributed by atoms with Crippen molar-refractivity contribution in [3.05, 3.63) is 76.7 Å². The van der Waals surface area contributed by atoms with Crippen LogP contribution in [0.25, 0.3) is 11.1 Å². The smallest absolute Gasteiger partial charge is 0.406 e. The fourth-order valence-electron chi connectivity index (χ4n) is 5.31.